The Labute approximate surface area is 103 Å². The van der Waals surface area contributed by atoms with Gasteiger partial charge in [0, 0.05) is 12.6 Å². The molecular weight excluding hydrogens is 218 g/mol. The van der Waals surface area contributed by atoms with E-state index in [1.807, 2.05) is 0 Å². The van der Waals surface area contributed by atoms with Crippen LogP contribution in [0.3, 0.4) is 0 Å². The molecule has 0 spiro atoms. The lowest BCUT2D eigenvalue weighted by Gasteiger charge is -2.24. The van der Waals surface area contributed by atoms with Crippen LogP contribution in [0.25, 0.3) is 0 Å². The maximum atomic E-state index is 8.70. The zero-order valence-corrected chi connectivity index (χ0v) is 11.2. The summed E-state index contributed by atoms with van der Waals surface area (Å²) in [6, 6.07) is 2.81. The molecule has 0 aliphatic carbocycles. The van der Waals surface area contributed by atoms with Crippen LogP contribution in [0.15, 0.2) is 16.8 Å². The summed E-state index contributed by atoms with van der Waals surface area (Å²) in [4.78, 5) is 2.41. The number of aliphatic hydroxyl groups is 1. The van der Waals surface area contributed by atoms with Crippen molar-refractivity contribution in [1.82, 2.24) is 4.90 Å². The Kier molecular flexibility index (Phi) is 6.69. The van der Waals surface area contributed by atoms with Crippen LogP contribution >= 0.6 is 11.3 Å². The number of hydrogen-bond donors (Lipinski definition) is 1. The summed E-state index contributed by atoms with van der Waals surface area (Å²) in [5.74, 6) is 0. The predicted molar refractivity (Wildman–Crippen MR) is 71.1 cm³/mol. The van der Waals surface area contributed by atoms with E-state index in [1.54, 1.807) is 11.3 Å². The molecule has 1 rings (SSSR count). The van der Waals surface area contributed by atoms with Gasteiger partial charge in [-0.3, -0.25) is 0 Å². The maximum absolute atomic E-state index is 8.70. The van der Waals surface area contributed by atoms with Crippen LogP contribution in [-0.2, 0) is 6.42 Å². The van der Waals surface area contributed by atoms with E-state index in [2.05, 4.69) is 35.7 Å². The van der Waals surface area contributed by atoms with E-state index in [1.165, 1.54) is 12.0 Å². The Balaban J connectivity index is 2.17. The van der Waals surface area contributed by atoms with E-state index >= 15 is 0 Å². The molecule has 0 amide bonds. The van der Waals surface area contributed by atoms with Crippen molar-refractivity contribution in [2.45, 2.75) is 38.6 Å². The van der Waals surface area contributed by atoms with Crippen LogP contribution in [0.2, 0.25) is 0 Å². The average Bonchev–Trinajstić information content (AvgIpc) is 2.76. The van der Waals surface area contributed by atoms with Crippen molar-refractivity contribution in [3.63, 3.8) is 0 Å². The highest BCUT2D eigenvalue weighted by Crippen LogP contribution is 2.11. The number of hydrogen-bond acceptors (Lipinski definition) is 3. The van der Waals surface area contributed by atoms with E-state index in [9.17, 15) is 0 Å². The monoisotopic (exact) mass is 241 g/mol. The zero-order chi connectivity index (χ0) is 11.8. The number of rotatable bonds is 8. The molecule has 3 heteroatoms. The molecule has 16 heavy (non-hydrogen) atoms. The lowest BCUT2D eigenvalue weighted by molar-refractivity contribution is 0.241. The van der Waals surface area contributed by atoms with Crippen molar-refractivity contribution >= 4 is 11.3 Å². The zero-order valence-electron chi connectivity index (χ0n) is 10.4. The summed E-state index contributed by atoms with van der Waals surface area (Å²) < 4.78 is 0. The molecule has 1 N–H and O–H groups in total. The molecule has 1 heterocycles. The van der Waals surface area contributed by atoms with E-state index in [4.69, 9.17) is 5.11 Å². The normalized spacial score (nSPS) is 13.2. The predicted octanol–water partition coefficient (Wildman–Crippen LogP) is 2.77. The number of thiophene rings is 1. The molecule has 0 aromatic carbocycles. The summed E-state index contributed by atoms with van der Waals surface area (Å²) in [5.41, 5.74) is 1.44. The second-order valence-corrected chi connectivity index (χ2v) is 5.23. The van der Waals surface area contributed by atoms with Crippen molar-refractivity contribution in [1.29, 1.82) is 0 Å². The van der Waals surface area contributed by atoms with Gasteiger partial charge < -0.3 is 10.0 Å². The standard InChI is InChI=1S/C13H23NOS/c1-12(10-13-6-9-16-11-13)14(2)7-4-3-5-8-15/h6,9,11-12,15H,3-5,7-8,10H2,1-2H3. The second kappa shape index (κ2) is 7.82. The molecule has 92 valence electrons. The van der Waals surface area contributed by atoms with Crippen LogP contribution in [0.1, 0.15) is 31.7 Å². The first-order valence-electron chi connectivity index (χ1n) is 6.06. The molecule has 2 nitrogen and oxygen atoms in total. The van der Waals surface area contributed by atoms with Crippen molar-refractivity contribution in [3.05, 3.63) is 22.4 Å². The summed E-state index contributed by atoms with van der Waals surface area (Å²) in [5, 5.41) is 13.1. The van der Waals surface area contributed by atoms with Gasteiger partial charge in [0.05, 0.1) is 0 Å². The average molecular weight is 241 g/mol. The number of unbranched alkanes of at least 4 members (excludes halogenated alkanes) is 2. The van der Waals surface area contributed by atoms with Crippen LogP contribution in [0.4, 0.5) is 0 Å². The SMILES string of the molecule is CC(Cc1ccsc1)N(C)CCCCCO. The maximum Gasteiger partial charge on any atom is 0.0431 e. The van der Waals surface area contributed by atoms with Crippen LogP contribution in [0.5, 0.6) is 0 Å². The van der Waals surface area contributed by atoms with Crippen LogP contribution in [-0.4, -0.2) is 36.2 Å². The molecule has 0 bridgehead atoms. The van der Waals surface area contributed by atoms with Gasteiger partial charge in [0.1, 0.15) is 0 Å². The third-order valence-corrected chi connectivity index (χ3v) is 3.76. The summed E-state index contributed by atoms with van der Waals surface area (Å²) in [7, 11) is 2.19. The molecule has 0 aliphatic rings. The van der Waals surface area contributed by atoms with Gasteiger partial charge in [0.15, 0.2) is 0 Å². The summed E-state index contributed by atoms with van der Waals surface area (Å²) >= 11 is 1.77. The minimum Gasteiger partial charge on any atom is -0.396 e. The lowest BCUT2D eigenvalue weighted by atomic mass is 10.1. The fraction of sp³-hybridized carbons (Fsp3) is 0.692. The Hall–Kier alpha value is -0.380. The summed E-state index contributed by atoms with van der Waals surface area (Å²) in [6.07, 6.45) is 4.39. The minimum absolute atomic E-state index is 0.328. The first-order chi connectivity index (χ1) is 7.74. The molecule has 1 unspecified atom stereocenters. The van der Waals surface area contributed by atoms with E-state index in [-0.39, 0.29) is 0 Å². The molecule has 0 radical (unpaired) electrons. The molecule has 1 aromatic rings. The number of nitrogens with zero attached hydrogens (tertiary/aromatic N) is 1. The van der Waals surface area contributed by atoms with Gasteiger partial charge in [-0.1, -0.05) is 0 Å². The molecule has 0 saturated heterocycles. The van der Waals surface area contributed by atoms with Crippen LogP contribution < -0.4 is 0 Å². The number of aliphatic hydroxyl groups excluding tert-OH is 1. The smallest absolute Gasteiger partial charge is 0.0431 e. The molecule has 0 aliphatic heterocycles. The van der Waals surface area contributed by atoms with Crippen molar-refractivity contribution in [2.75, 3.05) is 20.2 Å². The highest BCUT2D eigenvalue weighted by Gasteiger charge is 2.09. The fourth-order valence-electron chi connectivity index (χ4n) is 1.78. The lowest BCUT2D eigenvalue weighted by Crippen LogP contribution is -2.31. The Morgan fingerprint density at radius 2 is 2.19 bits per heavy atom. The summed E-state index contributed by atoms with van der Waals surface area (Å²) in [6.45, 7) is 3.74. The molecule has 1 atom stereocenters. The highest BCUT2D eigenvalue weighted by molar-refractivity contribution is 7.07. The van der Waals surface area contributed by atoms with Gasteiger partial charge in [0.2, 0.25) is 0 Å². The Morgan fingerprint density at radius 1 is 1.38 bits per heavy atom. The minimum atomic E-state index is 0.328. The van der Waals surface area contributed by atoms with Crippen molar-refractivity contribution in [3.8, 4) is 0 Å². The topological polar surface area (TPSA) is 23.5 Å². The fourth-order valence-corrected chi connectivity index (χ4v) is 2.46. The Morgan fingerprint density at radius 3 is 2.81 bits per heavy atom. The van der Waals surface area contributed by atoms with Gasteiger partial charge in [-0.05, 0) is 68.6 Å². The highest BCUT2D eigenvalue weighted by atomic mass is 32.1. The number of likely N-dealkylation sites (N-methyl/N-ethyl adjacent to an activating group) is 1. The first-order valence-corrected chi connectivity index (χ1v) is 7.00. The van der Waals surface area contributed by atoms with Gasteiger partial charge in [-0.2, -0.15) is 11.3 Å². The third kappa shape index (κ3) is 5.10. The van der Waals surface area contributed by atoms with Crippen molar-refractivity contribution in [2.24, 2.45) is 0 Å². The van der Waals surface area contributed by atoms with Gasteiger partial charge in [-0.25, -0.2) is 0 Å². The Bertz CT molecular complexity index is 261. The largest absolute Gasteiger partial charge is 0.396 e. The van der Waals surface area contributed by atoms with Gasteiger partial charge >= 0.3 is 0 Å². The van der Waals surface area contributed by atoms with Gasteiger partial charge in [-0.15, -0.1) is 0 Å². The van der Waals surface area contributed by atoms with E-state index in [0.29, 0.717) is 12.6 Å². The first kappa shape index (κ1) is 13.7. The van der Waals surface area contributed by atoms with Crippen molar-refractivity contribution < 1.29 is 5.11 Å². The van der Waals surface area contributed by atoms with Crippen LogP contribution in [0, 0.1) is 0 Å². The van der Waals surface area contributed by atoms with E-state index in [0.717, 1.165) is 25.8 Å². The quantitative estimate of drug-likeness (QED) is 0.707. The molecular formula is C13H23NOS. The van der Waals surface area contributed by atoms with Gasteiger partial charge in [0.25, 0.3) is 0 Å². The molecule has 1 aromatic heterocycles. The second-order valence-electron chi connectivity index (χ2n) is 4.45. The molecule has 0 saturated carbocycles. The molecule has 0 fully saturated rings. The third-order valence-electron chi connectivity index (χ3n) is 3.03. The van der Waals surface area contributed by atoms with E-state index < -0.39 is 0 Å².